The number of benzene rings is 2. The SMILES string of the molecule is COc1cc(OC)cc(Oc2ccnc3ccccc23)c1. The molecule has 0 amide bonds. The summed E-state index contributed by atoms with van der Waals surface area (Å²) in [6.07, 6.45) is 1.73. The van der Waals surface area contributed by atoms with Gasteiger partial charge in [-0.3, -0.25) is 4.98 Å². The van der Waals surface area contributed by atoms with Crippen LogP contribution in [0.1, 0.15) is 0 Å². The lowest BCUT2D eigenvalue weighted by Crippen LogP contribution is -1.91. The normalized spacial score (nSPS) is 10.4. The molecule has 0 saturated heterocycles. The van der Waals surface area contributed by atoms with Crippen LogP contribution in [-0.4, -0.2) is 19.2 Å². The summed E-state index contributed by atoms with van der Waals surface area (Å²) in [6, 6.07) is 15.1. The van der Waals surface area contributed by atoms with Gasteiger partial charge < -0.3 is 14.2 Å². The summed E-state index contributed by atoms with van der Waals surface area (Å²) in [7, 11) is 3.22. The monoisotopic (exact) mass is 281 g/mol. The van der Waals surface area contributed by atoms with E-state index < -0.39 is 0 Å². The molecule has 0 aliphatic carbocycles. The van der Waals surface area contributed by atoms with Crippen molar-refractivity contribution in [3.8, 4) is 23.0 Å². The largest absolute Gasteiger partial charge is 0.496 e. The fourth-order valence-corrected chi connectivity index (χ4v) is 2.13. The predicted molar refractivity (Wildman–Crippen MR) is 81.4 cm³/mol. The molecule has 0 radical (unpaired) electrons. The van der Waals surface area contributed by atoms with Gasteiger partial charge in [0.05, 0.1) is 19.7 Å². The van der Waals surface area contributed by atoms with Crippen molar-refractivity contribution in [2.45, 2.75) is 0 Å². The highest BCUT2D eigenvalue weighted by atomic mass is 16.5. The first-order valence-electron chi connectivity index (χ1n) is 6.55. The maximum absolute atomic E-state index is 5.98. The molecule has 106 valence electrons. The second-order valence-corrected chi connectivity index (χ2v) is 4.48. The number of pyridine rings is 1. The van der Waals surface area contributed by atoms with Gasteiger partial charge in [0.25, 0.3) is 0 Å². The lowest BCUT2D eigenvalue weighted by atomic mass is 10.2. The van der Waals surface area contributed by atoms with Crippen molar-refractivity contribution in [3.63, 3.8) is 0 Å². The molecule has 0 N–H and O–H groups in total. The molecule has 3 rings (SSSR count). The Morgan fingerprint density at radius 2 is 1.48 bits per heavy atom. The van der Waals surface area contributed by atoms with Gasteiger partial charge in [-0.2, -0.15) is 0 Å². The highest BCUT2D eigenvalue weighted by Gasteiger charge is 2.07. The zero-order valence-electron chi connectivity index (χ0n) is 11.9. The Bertz CT molecular complexity index is 743. The van der Waals surface area contributed by atoms with Crippen LogP contribution in [0.25, 0.3) is 10.9 Å². The summed E-state index contributed by atoms with van der Waals surface area (Å²) < 4.78 is 16.5. The molecule has 0 aliphatic rings. The molecule has 4 nitrogen and oxygen atoms in total. The van der Waals surface area contributed by atoms with Gasteiger partial charge in [0.1, 0.15) is 23.0 Å². The number of ether oxygens (including phenoxy) is 3. The first-order chi connectivity index (χ1) is 10.3. The minimum absolute atomic E-state index is 0.655. The second-order valence-electron chi connectivity index (χ2n) is 4.48. The van der Waals surface area contributed by atoms with E-state index in [1.54, 1.807) is 26.5 Å². The summed E-state index contributed by atoms with van der Waals surface area (Å²) in [5, 5.41) is 0.960. The van der Waals surface area contributed by atoms with Crippen molar-refractivity contribution in [2.75, 3.05) is 14.2 Å². The summed E-state index contributed by atoms with van der Waals surface area (Å²) in [5.74, 6) is 2.77. The van der Waals surface area contributed by atoms with Crippen LogP contribution in [0.2, 0.25) is 0 Å². The van der Waals surface area contributed by atoms with E-state index in [0.29, 0.717) is 17.2 Å². The third kappa shape index (κ3) is 2.74. The standard InChI is InChI=1S/C17H15NO3/c1-19-12-9-13(20-2)11-14(10-12)21-17-7-8-18-16-6-4-3-5-15(16)17/h3-11H,1-2H3. The molecule has 1 aromatic heterocycles. The first-order valence-corrected chi connectivity index (χ1v) is 6.55. The van der Waals surface area contributed by atoms with E-state index in [1.807, 2.05) is 42.5 Å². The van der Waals surface area contributed by atoms with E-state index in [0.717, 1.165) is 16.7 Å². The van der Waals surface area contributed by atoms with Crippen molar-refractivity contribution < 1.29 is 14.2 Å². The Morgan fingerprint density at radius 3 is 2.19 bits per heavy atom. The molecule has 0 unspecified atom stereocenters. The van der Waals surface area contributed by atoms with Crippen molar-refractivity contribution in [1.82, 2.24) is 4.98 Å². The maximum Gasteiger partial charge on any atom is 0.138 e. The van der Waals surface area contributed by atoms with E-state index in [9.17, 15) is 0 Å². The number of methoxy groups -OCH3 is 2. The highest BCUT2D eigenvalue weighted by Crippen LogP contribution is 2.33. The first kappa shape index (κ1) is 13.2. The lowest BCUT2D eigenvalue weighted by Gasteiger charge is -2.11. The van der Waals surface area contributed by atoms with Gasteiger partial charge in [-0.25, -0.2) is 0 Å². The zero-order chi connectivity index (χ0) is 14.7. The molecule has 0 aliphatic heterocycles. The van der Waals surface area contributed by atoms with Crippen molar-refractivity contribution >= 4 is 10.9 Å². The Morgan fingerprint density at radius 1 is 0.810 bits per heavy atom. The topological polar surface area (TPSA) is 40.6 Å². The number of aromatic nitrogens is 1. The molecule has 1 heterocycles. The second kappa shape index (κ2) is 5.71. The van der Waals surface area contributed by atoms with Gasteiger partial charge in [-0.15, -0.1) is 0 Å². The van der Waals surface area contributed by atoms with Crippen LogP contribution in [-0.2, 0) is 0 Å². The quantitative estimate of drug-likeness (QED) is 0.723. The Kier molecular flexibility index (Phi) is 3.60. The molecular formula is C17H15NO3. The molecule has 0 spiro atoms. The number of nitrogens with zero attached hydrogens (tertiary/aromatic N) is 1. The van der Waals surface area contributed by atoms with Gasteiger partial charge in [0.15, 0.2) is 0 Å². The van der Waals surface area contributed by atoms with Crippen LogP contribution in [0.4, 0.5) is 0 Å². The van der Waals surface area contributed by atoms with E-state index in [1.165, 1.54) is 0 Å². The fourth-order valence-electron chi connectivity index (χ4n) is 2.13. The zero-order valence-corrected chi connectivity index (χ0v) is 11.9. The Balaban J connectivity index is 2.02. The van der Waals surface area contributed by atoms with E-state index in [-0.39, 0.29) is 0 Å². The molecule has 21 heavy (non-hydrogen) atoms. The predicted octanol–water partition coefficient (Wildman–Crippen LogP) is 4.04. The Hall–Kier alpha value is -2.75. The average molecular weight is 281 g/mol. The molecule has 3 aromatic rings. The number of fused-ring (bicyclic) bond motifs is 1. The molecule has 0 bridgehead atoms. The maximum atomic E-state index is 5.98. The summed E-state index contributed by atoms with van der Waals surface area (Å²) in [5.41, 5.74) is 0.893. The highest BCUT2D eigenvalue weighted by molar-refractivity contribution is 5.84. The smallest absolute Gasteiger partial charge is 0.138 e. The van der Waals surface area contributed by atoms with Crippen LogP contribution in [0.3, 0.4) is 0 Å². The third-order valence-electron chi connectivity index (χ3n) is 3.16. The minimum Gasteiger partial charge on any atom is -0.496 e. The van der Waals surface area contributed by atoms with Crippen molar-refractivity contribution in [2.24, 2.45) is 0 Å². The van der Waals surface area contributed by atoms with Crippen molar-refractivity contribution in [1.29, 1.82) is 0 Å². The lowest BCUT2D eigenvalue weighted by molar-refractivity contribution is 0.387. The fraction of sp³-hybridized carbons (Fsp3) is 0.118. The van der Waals surface area contributed by atoms with Crippen LogP contribution in [0.15, 0.2) is 54.7 Å². The van der Waals surface area contributed by atoms with E-state index >= 15 is 0 Å². The summed E-state index contributed by atoms with van der Waals surface area (Å²) >= 11 is 0. The minimum atomic E-state index is 0.655. The van der Waals surface area contributed by atoms with Gasteiger partial charge >= 0.3 is 0 Å². The number of para-hydroxylation sites is 1. The van der Waals surface area contributed by atoms with E-state index in [2.05, 4.69) is 4.98 Å². The average Bonchev–Trinajstić information content (AvgIpc) is 2.55. The summed E-state index contributed by atoms with van der Waals surface area (Å²) in [6.45, 7) is 0. The molecule has 0 saturated carbocycles. The molecule has 2 aromatic carbocycles. The number of hydrogen-bond donors (Lipinski definition) is 0. The number of hydrogen-bond acceptors (Lipinski definition) is 4. The molecule has 0 atom stereocenters. The Labute approximate surface area is 122 Å². The van der Waals surface area contributed by atoms with Crippen LogP contribution in [0, 0.1) is 0 Å². The molecular weight excluding hydrogens is 266 g/mol. The van der Waals surface area contributed by atoms with Crippen molar-refractivity contribution in [3.05, 3.63) is 54.7 Å². The van der Waals surface area contributed by atoms with Crippen LogP contribution >= 0.6 is 0 Å². The van der Waals surface area contributed by atoms with Crippen LogP contribution in [0.5, 0.6) is 23.0 Å². The third-order valence-corrected chi connectivity index (χ3v) is 3.16. The van der Waals surface area contributed by atoms with Gasteiger partial charge in [0, 0.05) is 29.8 Å². The van der Waals surface area contributed by atoms with Crippen LogP contribution < -0.4 is 14.2 Å². The van der Waals surface area contributed by atoms with Gasteiger partial charge in [-0.1, -0.05) is 12.1 Å². The van der Waals surface area contributed by atoms with E-state index in [4.69, 9.17) is 14.2 Å². The number of rotatable bonds is 4. The molecule has 0 fully saturated rings. The summed E-state index contributed by atoms with van der Waals surface area (Å²) in [4.78, 5) is 4.32. The van der Waals surface area contributed by atoms with Gasteiger partial charge in [-0.05, 0) is 18.2 Å². The van der Waals surface area contributed by atoms with Gasteiger partial charge in [0.2, 0.25) is 0 Å². The molecule has 4 heteroatoms.